The number of piperidine rings is 2. The Morgan fingerprint density at radius 2 is 1.59 bits per heavy atom. The molecule has 5 amide bonds. The summed E-state index contributed by atoms with van der Waals surface area (Å²) >= 11 is 0. The fourth-order valence-corrected chi connectivity index (χ4v) is 8.87. The number of hydrogen-bond donors (Lipinski definition) is 2. The van der Waals surface area contributed by atoms with E-state index in [2.05, 4.69) is 35.3 Å². The van der Waals surface area contributed by atoms with Crippen molar-refractivity contribution < 1.29 is 37.1 Å². The second kappa shape index (κ2) is 13.8. The van der Waals surface area contributed by atoms with E-state index < -0.39 is 58.5 Å². The van der Waals surface area contributed by atoms with E-state index in [-0.39, 0.29) is 41.7 Å². The number of benzene rings is 2. The van der Waals surface area contributed by atoms with Gasteiger partial charge in [0.2, 0.25) is 11.8 Å². The van der Waals surface area contributed by atoms with Crippen LogP contribution in [0.15, 0.2) is 48.8 Å². The average molecular weight is 772 g/mol. The van der Waals surface area contributed by atoms with E-state index in [9.17, 15) is 37.1 Å². The van der Waals surface area contributed by atoms with Gasteiger partial charge in [-0.05, 0) is 76.3 Å². The van der Waals surface area contributed by atoms with Gasteiger partial charge in [0.1, 0.15) is 11.6 Å². The molecular formula is C39H40F3N9O5. The summed E-state index contributed by atoms with van der Waals surface area (Å²) in [5.74, 6) is -2.63. The monoisotopic (exact) mass is 771 g/mol. The number of rotatable bonds is 7. The molecular weight excluding hydrogens is 731 g/mol. The first-order valence-corrected chi connectivity index (χ1v) is 18.7. The predicted octanol–water partition coefficient (Wildman–Crippen LogP) is 4.55. The lowest BCUT2D eigenvalue weighted by molar-refractivity contribution is -0.137. The molecule has 4 fully saturated rings. The molecule has 14 nitrogen and oxygen atoms in total. The summed E-state index contributed by atoms with van der Waals surface area (Å²) in [6, 6.07) is 8.27. The highest BCUT2D eigenvalue weighted by atomic mass is 19.4. The quantitative estimate of drug-likeness (QED) is 0.261. The fraction of sp³-hybridized carbons (Fsp3) is 0.462. The summed E-state index contributed by atoms with van der Waals surface area (Å²) < 4.78 is 42.0. The Hall–Kier alpha value is -5.76. The minimum atomic E-state index is -4.74. The molecule has 56 heavy (non-hydrogen) atoms. The van der Waals surface area contributed by atoms with E-state index in [0.717, 1.165) is 80.3 Å². The Labute approximate surface area is 320 Å². The summed E-state index contributed by atoms with van der Waals surface area (Å²) in [5.41, 5.74) is -0.674. The summed E-state index contributed by atoms with van der Waals surface area (Å²) in [7, 11) is 0. The molecule has 292 valence electrons. The van der Waals surface area contributed by atoms with E-state index >= 15 is 0 Å². The van der Waals surface area contributed by atoms with Gasteiger partial charge in [0.25, 0.3) is 17.7 Å². The average Bonchev–Trinajstić information content (AvgIpc) is 3.84. The number of nitrogens with one attached hydrogen (secondary N) is 2. The molecule has 2 bridgehead atoms. The highest BCUT2D eigenvalue weighted by Crippen LogP contribution is 2.40. The van der Waals surface area contributed by atoms with Crippen molar-refractivity contribution in [2.24, 2.45) is 0 Å². The first-order chi connectivity index (χ1) is 26.6. The van der Waals surface area contributed by atoms with Crippen molar-refractivity contribution in [3.63, 3.8) is 0 Å². The van der Waals surface area contributed by atoms with Crippen LogP contribution in [0.1, 0.15) is 78.7 Å². The van der Waals surface area contributed by atoms with Crippen molar-refractivity contribution in [3.05, 3.63) is 76.9 Å². The molecule has 5 aliphatic heterocycles. The molecule has 0 radical (unpaired) electrons. The Morgan fingerprint density at radius 1 is 0.893 bits per heavy atom. The van der Waals surface area contributed by atoms with Crippen molar-refractivity contribution in [1.29, 1.82) is 0 Å². The van der Waals surface area contributed by atoms with Crippen LogP contribution in [0.5, 0.6) is 0 Å². The number of anilines is 3. The maximum absolute atomic E-state index is 13.5. The molecule has 5 aliphatic rings. The highest BCUT2D eigenvalue weighted by molar-refractivity contribution is 6.23. The highest BCUT2D eigenvalue weighted by Gasteiger charge is 2.47. The predicted molar refractivity (Wildman–Crippen MR) is 197 cm³/mol. The van der Waals surface area contributed by atoms with Gasteiger partial charge >= 0.3 is 6.18 Å². The number of piperazine rings is 1. The van der Waals surface area contributed by atoms with Gasteiger partial charge in [-0.25, -0.2) is 4.85 Å². The molecule has 3 atom stereocenters. The normalized spacial score (nSPS) is 23.4. The molecule has 0 aliphatic carbocycles. The van der Waals surface area contributed by atoms with E-state index in [1.165, 1.54) is 10.7 Å². The van der Waals surface area contributed by atoms with Crippen LogP contribution in [0.4, 0.5) is 35.9 Å². The standard InChI is InChI=1S/C39H40F3N9O5/c1-38(2,37(56)45-22-4-9-31(43-3)30(16-22)39(40,41)42)49-21-27(18-44-49)47-14-12-23(13-15-47)48-19-25-5-6-26(20-48)50(25)24-7-8-28-29(17-24)36(55)51(35(28)54)32-10-11-33(52)46-34(32)53/h4,7-9,16-18,21,23,25-26,32H,5-6,10-15,19-20H2,1-2H3,(H,45,56)(H,46,52,53). The van der Waals surface area contributed by atoms with Crippen LogP contribution in [-0.2, 0) is 26.1 Å². The molecule has 0 spiro atoms. The lowest BCUT2D eigenvalue weighted by Gasteiger charge is -2.47. The molecule has 0 saturated carbocycles. The zero-order valence-electron chi connectivity index (χ0n) is 30.8. The second-order valence-electron chi connectivity index (χ2n) is 15.6. The van der Waals surface area contributed by atoms with Gasteiger partial charge in [0.05, 0.1) is 35.1 Å². The third kappa shape index (κ3) is 6.45. The fourth-order valence-electron chi connectivity index (χ4n) is 8.87. The number of imide groups is 2. The topological polar surface area (TPSA) is 145 Å². The zero-order valence-corrected chi connectivity index (χ0v) is 30.8. The second-order valence-corrected chi connectivity index (χ2v) is 15.6. The number of hydrogen-bond acceptors (Lipinski definition) is 9. The lowest BCUT2D eigenvalue weighted by atomic mass is 9.99. The summed E-state index contributed by atoms with van der Waals surface area (Å²) in [4.78, 5) is 75.3. The number of halogens is 3. The van der Waals surface area contributed by atoms with Crippen molar-refractivity contribution in [3.8, 4) is 0 Å². The van der Waals surface area contributed by atoms with E-state index in [0.29, 0.717) is 6.04 Å². The smallest absolute Gasteiger partial charge is 0.369 e. The van der Waals surface area contributed by atoms with E-state index in [1.54, 1.807) is 38.4 Å². The van der Waals surface area contributed by atoms with Crippen molar-refractivity contribution in [2.45, 2.75) is 88.3 Å². The number of aromatic nitrogens is 2. The summed E-state index contributed by atoms with van der Waals surface area (Å²) in [6.45, 7) is 13.6. The Kier molecular flexibility index (Phi) is 9.14. The van der Waals surface area contributed by atoms with Crippen LogP contribution < -0.4 is 20.4 Å². The Bertz CT molecular complexity index is 2170. The first-order valence-electron chi connectivity index (χ1n) is 18.7. The molecule has 6 heterocycles. The Balaban J connectivity index is 0.877. The summed E-state index contributed by atoms with van der Waals surface area (Å²) in [6.07, 6.45) is 2.75. The minimum absolute atomic E-state index is 0.0658. The summed E-state index contributed by atoms with van der Waals surface area (Å²) in [5, 5.41) is 9.24. The van der Waals surface area contributed by atoms with Gasteiger partial charge in [-0.3, -0.25) is 43.8 Å². The maximum atomic E-state index is 13.5. The molecule has 17 heteroatoms. The molecule has 3 unspecified atom stereocenters. The van der Waals surface area contributed by atoms with Crippen LogP contribution in [0.25, 0.3) is 4.85 Å². The number of carbonyl (C=O) groups is 5. The number of fused-ring (bicyclic) bond motifs is 3. The van der Waals surface area contributed by atoms with Crippen LogP contribution in [-0.4, -0.2) is 99.5 Å². The molecule has 8 rings (SSSR count). The van der Waals surface area contributed by atoms with Crippen molar-refractivity contribution in [2.75, 3.05) is 41.3 Å². The number of nitrogens with zero attached hydrogens (tertiary/aromatic N) is 7. The van der Waals surface area contributed by atoms with Crippen molar-refractivity contribution >= 4 is 52.3 Å². The van der Waals surface area contributed by atoms with Gasteiger partial charge in [0.15, 0.2) is 5.69 Å². The van der Waals surface area contributed by atoms with Gasteiger partial charge in [0, 0.05) is 68.3 Å². The first kappa shape index (κ1) is 37.2. The van der Waals surface area contributed by atoms with E-state index in [4.69, 9.17) is 6.57 Å². The van der Waals surface area contributed by atoms with Crippen LogP contribution in [0.2, 0.25) is 0 Å². The van der Waals surface area contributed by atoms with Gasteiger partial charge in [-0.15, -0.1) is 0 Å². The van der Waals surface area contributed by atoms with E-state index in [1.807, 2.05) is 6.07 Å². The number of amides is 5. The minimum Gasteiger partial charge on any atom is -0.369 e. The van der Waals surface area contributed by atoms with Crippen molar-refractivity contribution in [1.82, 2.24) is 24.9 Å². The molecule has 1 aromatic heterocycles. The van der Waals surface area contributed by atoms with Gasteiger partial charge in [-0.1, -0.05) is 6.07 Å². The van der Waals surface area contributed by atoms with Crippen LogP contribution in [0, 0.1) is 6.57 Å². The number of likely N-dealkylation sites (tertiary alicyclic amines) is 1. The zero-order chi connectivity index (χ0) is 39.7. The number of alkyl halides is 3. The number of carbonyl (C=O) groups excluding carboxylic acids is 5. The Morgan fingerprint density at radius 3 is 2.25 bits per heavy atom. The third-order valence-corrected chi connectivity index (χ3v) is 12.0. The van der Waals surface area contributed by atoms with Gasteiger partial charge in [-0.2, -0.15) is 18.3 Å². The molecule has 2 aromatic carbocycles. The molecule has 3 aromatic rings. The lowest BCUT2D eigenvalue weighted by Crippen LogP contribution is -2.58. The maximum Gasteiger partial charge on any atom is 0.407 e. The molecule has 2 N–H and O–H groups in total. The van der Waals surface area contributed by atoms with Crippen LogP contribution in [0.3, 0.4) is 0 Å². The van der Waals surface area contributed by atoms with Crippen LogP contribution >= 0.6 is 0 Å². The third-order valence-electron chi connectivity index (χ3n) is 12.0. The van der Waals surface area contributed by atoms with Gasteiger partial charge < -0.3 is 15.1 Å². The SMILES string of the molecule is [C-]#[N+]c1ccc(NC(=O)C(C)(C)n2cc(N3CCC(N4CC5CCC(C4)N5c4ccc5c(c4)C(=O)N(C4CCC(=O)NC4=O)C5=O)CC3)cn2)cc1C(F)(F)F. The molecule has 4 saturated heterocycles. The largest absolute Gasteiger partial charge is 0.407 e.